The first kappa shape index (κ1) is 10.8. The number of rotatable bonds is 2. The fraction of sp³-hybridized carbons (Fsp3) is 0.429. The molecule has 0 aliphatic carbocycles. The quantitative estimate of drug-likeness (QED) is 0.824. The predicted octanol–water partition coefficient (Wildman–Crippen LogP) is 1.88. The maximum Gasteiger partial charge on any atom is 0.0486 e. The topological polar surface area (TPSA) is 31.1 Å². The number of benzene rings is 1. The van der Waals surface area contributed by atoms with Crippen LogP contribution in [0.15, 0.2) is 24.3 Å². The Bertz CT molecular complexity index is 509. The van der Waals surface area contributed by atoms with E-state index in [2.05, 4.69) is 46.4 Å². The van der Waals surface area contributed by atoms with Crippen LogP contribution in [0.5, 0.6) is 0 Å². The minimum Gasteiger partial charge on any atom is -0.357 e. The second kappa shape index (κ2) is 4.51. The van der Waals surface area contributed by atoms with Crippen molar-refractivity contribution in [3.8, 4) is 0 Å². The van der Waals surface area contributed by atoms with Crippen LogP contribution in [0.1, 0.15) is 11.3 Å². The molecule has 3 heteroatoms. The molecule has 0 radical (unpaired) electrons. The fourth-order valence-corrected chi connectivity index (χ4v) is 2.56. The van der Waals surface area contributed by atoms with Crippen LogP contribution in [-0.4, -0.2) is 36.1 Å². The van der Waals surface area contributed by atoms with Gasteiger partial charge in [0.1, 0.15) is 0 Å². The zero-order chi connectivity index (χ0) is 11.7. The predicted molar refractivity (Wildman–Crippen MR) is 71.2 cm³/mol. The van der Waals surface area contributed by atoms with E-state index in [9.17, 15) is 0 Å². The summed E-state index contributed by atoms with van der Waals surface area (Å²) in [5, 5.41) is 4.71. The highest BCUT2D eigenvalue weighted by atomic mass is 15.2. The van der Waals surface area contributed by atoms with Gasteiger partial charge in [-0.3, -0.25) is 4.90 Å². The molecule has 0 atom stereocenters. The lowest BCUT2D eigenvalue weighted by Crippen LogP contribution is -2.42. The average Bonchev–Trinajstić information content (AvgIpc) is 2.74. The number of aromatic nitrogens is 1. The zero-order valence-electron chi connectivity index (χ0n) is 10.3. The summed E-state index contributed by atoms with van der Waals surface area (Å²) < 4.78 is 0. The van der Waals surface area contributed by atoms with Crippen molar-refractivity contribution in [3.05, 3.63) is 35.5 Å². The van der Waals surface area contributed by atoms with Crippen LogP contribution < -0.4 is 5.32 Å². The highest BCUT2D eigenvalue weighted by Crippen LogP contribution is 2.19. The van der Waals surface area contributed by atoms with E-state index in [0.717, 1.165) is 32.7 Å². The molecule has 1 aliphatic rings. The Labute approximate surface area is 102 Å². The summed E-state index contributed by atoms with van der Waals surface area (Å²) >= 11 is 0. The molecule has 0 amide bonds. The van der Waals surface area contributed by atoms with Crippen molar-refractivity contribution in [2.24, 2.45) is 0 Å². The summed E-state index contributed by atoms with van der Waals surface area (Å²) in [5.41, 5.74) is 3.95. The lowest BCUT2D eigenvalue weighted by Gasteiger charge is -2.26. The third kappa shape index (κ3) is 2.21. The van der Waals surface area contributed by atoms with E-state index in [0.29, 0.717) is 0 Å². The Hall–Kier alpha value is -1.32. The van der Waals surface area contributed by atoms with Crippen LogP contribution in [0.25, 0.3) is 10.9 Å². The second-order valence-electron chi connectivity index (χ2n) is 4.86. The van der Waals surface area contributed by atoms with Gasteiger partial charge in [0.25, 0.3) is 0 Å². The number of nitrogens with one attached hydrogen (secondary N) is 2. The van der Waals surface area contributed by atoms with Crippen LogP contribution in [0, 0.1) is 6.92 Å². The fourth-order valence-electron chi connectivity index (χ4n) is 2.56. The van der Waals surface area contributed by atoms with Gasteiger partial charge in [0, 0.05) is 43.9 Å². The zero-order valence-corrected chi connectivity index (χ0v) is 10.3. The average molecular weight is 229 g/mol. The molecule has 2 aromatic rings. The van der Waals surface area contributed by atoms with Gasteiger partial charge in [0.2, 0.25) is 0 Å². The van der Waals surface area contributed by atoms with Crippen molar-refractivity contribution in [1.29, 1.82) is 0 Å². The third-order valence-corrected chi connectivity index (χ3v) is 3.52. The normalized spacial score (nSPS) is 17.7. The number of nitrogens with zero attached hydrogens (tertiary/aromatic N) is 1. The number of hydrogen-bond donors (Lipinski definition) is 2. The molecule has 1 saturated heterocycles. The summed E-state index contributed by atoms with van der Waals surface area (Å²) in [4.78, 5) is 6.05. The van der Waals surface area contributed by atoms with Crippen molar-refractivity contribution in [2.75, 3.05) is 26.2 Å². The van der Waals surface area contributed by atoms with Crippen LogP contribution in [-0.2, 0) is 6.54 Å². The lowest BCUT2D eigenvalue weighted by atomic mass is 10.2. The summed E-state index contributed by atoms with van der Waals surface area (Å²) in [6.07, 6.45) is 0. The van der Waals surface area contributed by atoms with E-state index in [1.165, 1.54) is 22.2 Å². The molecule has 1 fully saturated rings. The van der Waals surface area contributed by atoms with E-state index in [1.54, 1.807) is 0 Å². The van der Waals surface area contributed by atoms with Crippen molar-refractivity contribution in [3.63, 3.8) is 0 Å². The maximum absolute atomic E-state index is 3.55. The molecule has 0 saturated carbocycles. The van der Waals surface area contributed by atoms with Crippen LogP contribution in [0.2, 0.25) is 0 Å². The Morgan fingerprint density at radius 2 is 2.06 bits per heavy atom. The molecule has 1 aromatic heterocycles. The van der Waals surface area contributed by atoms with Crippen molar-refractivity contribution in [2.45, 2.75) is 13.5 Å². The number of H-pyrrole nitrogens is 1. The van der Waals surface area contributed by atoms with E-state index >= 15 is 0 Å². The molecule has 17 heavy (non-hydrogen) atoms. The highest BCUT2D eigenvalue weighted by molar-refractivity contribution is 5.83. The molecule has 90 valence electrons. The van der Waals surface area contributed by atoms with E-state index in [4.69, 9.17) is 0 Å². The second-order valence-corrected chi connectivity index (χ2v) is 4.86. The molecule has 3 nitrogen and oxygen atoms in total. The van der Waals surface area contributed by atoms with E-state index in [1.807, 2.05) is 0 Å². The van der Waals surface area contributed by atoms with Crippen molar-refractivity contribution < 1.29 is 0 Å². The van der Waals surface area contributed by atoms with Gasteiger partial charge < -0.3 is 10.3 Å². The highest BCUT2D eigenvalue weighted by Gasteiger charge is 2.11. The molecule has 1 aromatic carbocycles. The van der Waals surface area contributed by atoms with E-state index < -0.39 is 0 Å². The summed E-state index contributed by atoms with van der Waals surface area (Å²) in [5.74, 6) is 0. The first-order valence-electron chi connectivity index (χ1n) is 6.33. The van der Waals surface area contributed by atoms with Crippen LogP contribution in [0.4, 0.5) is 0 Å². The van der Waals surface area contributed by atoms with Crippen molar-refractivity contribution in [1.82, 2.24) is 15.2 Å². The Kier molecular flexibility index (Phi) is 2.87. The Morgan fingerprint density at radius 1 is 1.24 bits per heavy atom. The number of piperazine rings is 1. The van der Waals surface area contributed by atoms with Gasteiger partial charge >= 0.3 is 0 Å². The number of para-hydroxylation sites is 1. The van der Waals surface area contributed by atoms with Gasteiger partial charge in [0.05, 0.1) is 0 Å². The van der Waals surface area contributed by atoms with Gasteiger partial charge in [-0.2, -0.15) is 0 Å². The van der Waals surface area contributed by atoms with Crippen LogP contribution >= 0.6 is 0 Å². The Balaban J connectivity index is 1.83. The summed E-state index contributed by atoms with van der Waals surface area (Å²) in [6.45, 7) is 7.71. The standard InChI is InChI=1S/C14H19N3/c1-11-3-2-4-12-9-13(16-14(11)12)10-17-7-5-15-6-8-17/h2-4,9,15-16H,5-8,10H2,1H3. The molecular weight excluding hydrogens is 210 g/mol. The van der Waals surface area contributed by atoms with Crippen molar-refractivity contribution >= 4 is 10.9 Å². The number of aryl methyl sites for hydroxylation is 1. The number of hydrogen-bond acceptors (Lipinski definition) is 2. The lowest BCUT2D eigenvalue weighted by molar-refractivity contribution is 0.231. The first-order valence-corrected chi connectivity index (χ1v) is 6.33. The monoisotopic (exact) mass is 229 g/mol. The Morgan fingerprint density at radius 3 is 2.82 bits per heavy atom. The summed E-state index contributed by atoms with van der Waals surface area (Å²) in [7, 11) is 0. The SMILES string of the molecule is Cc1cccc2cc(CN3CCNCC3)[nH]c12. The van der Waals surface area contributed by atoms with Gasteiger partial charge in [-0.25, -0.2) is 0 Å². The van der Waals surface area contributed by atoms with Gasteiger partial charge in [-0.15, -0.1) is 0 Å². The molecule has 0 bridgehead atoms. The molecular formula is C14H19N3. The molecule has 0 spiro atoms. The molecule has 3 rings (SSSR count). The maximum atomic E-state index is 3.55. The number of fused-ring (bicyclic) bond motifs is 1. The molecule has 1 aliphatic heterocycles. The largest absolute Gasteiger partial charge is 0.357 e. The molecule has 2 heterocycles. The molecule has 0 unspecified atom stereocenters. The summed E-state index contributed by atoms with van der Waals surface area (Å²) in [6, 6.07) is 8.75. The van der Waals surface area contributed by atoms with Gasteiger partial charge in [0.15, 0.2) is 0 Å². The molecule has 2 N–H and O–H groups in total. The minimum absolute atomic E-state index is 1.04. The number of aromatic amines is 1. The van der Waals surface area contributed by atoms with E-state index in [-0.39, 0.29) is 0 Å². The van der Waals surface area contributed by atoms with Gasteiger partial charge in [-0.1, -0.05) is 18.2 Å². The first-order chi connectivity index (χ1) is 8.33. The van der Waals surface area contributed by atoms with Crippen LogP contribution in [0.3, 0.4) is 0 Å². The van der Waals surface area contributed by atoms with Gasteiger partial charge in [-0.05, 0) is 23.9 Å². The third-order valence-electron chi connectivity index (χ3n) is 3.52. The smallest absolute Gasteiger partial charge is 0.0486 e. The minimum atomic E-state index is 1.04.